The van der Waals surface area contributed by atoms with Gasteiger partial charge >= 0.3 is 0 Å². The summed E-state index contributed by atoms with van der Waals surface area (Å²) in [5.74, 6) is 0.745. The molecule has 0 amide bonds. The Labute approximate surface area is 108 Å². The predicted octanol–water partition coefficient (Wildman–Crippen LogP) is 3.12. The molecule has 1 unspecified atom stereocenters. The van der Waals surface area contributed by atoms with Crippen LogP contribution in [0, 0.1) is 23.7 Å². The fourth-order valence-electron chi connectivity index (χ4n) is 2.06. The molecule has 1 aliphatic rings. The monoisotopic (exact) mass is 245 g/mol. The Bertz CT molecular complexity index is 470. The number of ether oxygens (including phenoxy) is 1. The van der Waals surface area contributed by atoms with Gasteiger partial charge in [-0.3, -0.25) is 0 Å². The Morgan fingerprint density at radius 2 is 2.22 bits per heavy atom. The number of rotatable bonds is 5. The summed E-state index contributed by atoms with van der Waals surface area (Å²) < 4.78 is 5.85. The van der Waals surface area contributed by atoms with Crippen LogP contribution in [0.5, 0.6) is 5.75 Å². The molecule has 18 heavy (non-hydrogen) atoms. The fraction of sp³-hybridized carbons (Fsp3) is 0.533. The van der Waals surface area contributed by atoms with Crippen LogP contribution >= 0.6 is 0 Å². The van der Waals surface area contributed by atoms with Crippen LogP contribution in [-0.4, -0.2) is 11.7 Å². The fourth-order valence-corrected chi connectivity index (χ4v) is 2.06. The number of aryl methyl sites for hydroxylation is 1. The molecule has 1 fully saturated rings. The first kappa shape index (κ1) is 12.9. The number of hydrogen-bond acceptors (Lipinski definition) is 3. The summed E-state index contributed by atoms with van der Waals surface area (Å²) in [5.41, 5.74) is 1.99. The van der Waals surface area contributed by atoms with Gasteiger partial charge in [0, 0.05) is 17.4 Å². The number of hydrogen-bond donors (Lipinski definition) is 1. The van der Waals surface area contributed by atoms with Crippen molar-refractivity contribution < 1.29 is 9.84 Å². The number of aliphatic hydroxyl groups is 1. The van der Waals surface area contributed by atoms with E-state index in [4.69, 9.17) is 10.00 Å². The molecule has 0 aromatic heterocycles. The van der Waals surface area contributed by atoms with E-state index in [-0.39, 0.29) is 5.41 Å². The van der Waals surface area contributed by atoms with Crippen molar-refractivity contribution in [1.82, 2.24) is 0 Å². The van der Waals surface area contributed by atoms with Crippen LogP contribution in [0.15, 0.2) is 18.2 Å². The molecule has 0 radical (unpaired) electrons. The molecule has 0 aliphatic heterocycles. The van der Waals surface area contributed by atoms with Gasteiger partial charge < -0.3 is 9.84 Å². The van der Waals surface area contributed by atoms with E-state index in [1.54, 1.807) is 6.92 Å². The first-order valence-corrected chi connectivity index (χ1v) is 6.35. The second-order valence-electron chi connectivity index (χ2n) is 5.34. The third kappa shape index (κ3) is 2.83. The van der Waals surface area contributed by atoms with Crippen LogP contribution in [0.3, 0.4) is 0 Å². The Balaban J connectivity index is 2.09. The smallest absolute Gasteiger partial charge is 0.125 e. The van der Waals surface area contributed by atoms with Gasteiger partial charge in [0.05, 0.1) is 18.8 Å². The lowest BCUT2D eigenvalue weighted by Crippen LogP contribution is -2.13. The Hall–Kier alpha value is -1.53. The zero-order chi connectivity index (χ0) is 13.2. The number of aliphatic hydroxyl groups excluding tert-OH is 1. The van der Waals surface area contributed by atoms with Gasteiger partial charge in [-0.15, -0.1) is 0 Å². The summed E-state index contributed by atoms with van der Waals surface area (Å²) in [6.45, 7) is 4.31. The van der Waals surface area contributed by atoms with Crippen LogP contribution < -0.4 is 4.74 Å². The summed E-state index contributed by atoms with van der Waals surface area (Å²) in [7, 11) is 0. The second-order valence-corrected chi connectivity index (χ2v) is 5.34. The van der Waals surface area contributed by atoms with Gasteiger partial charge in [0.15, 0.2) is 0 Å². The third-order valence-corrected chi connectivity index (χ3v) is 3.56. The highest BCUT2D eigenvalue weighted by atomic mass is 16.5. The summed E-state index contributed by atoms with van der Waals surface area (Å²) in [6, 6.07) is 8.05. The Kier molecular flexibility index (Phi) is 3.58. The van der Waals surface area contributed by atoms with Crippen LogP contribution in [0.2, 0.25) is 0 Å². The van der Waals surface area contributed by atoms with Crippen LogP contribution in [0.25, 0.3) is 0 Å². The van der Waals surface area contributed by atoms with E-state index in [1.807, 2.05) is 25.1 Å². The van der Waals surface area contributed by atoms with Crippen molar-refractivity contribution in [3.8, 4) is 11.8 Å². The molecular weight excluding hydrogens is 226 g/mol. The topological polar surface area (TPSA) is 53.2 Å². The van der Waals surface area contributed by atoms with Gasteiger partial charge in [0.2, 0.25) is 0 Å². The quantitative estimate of drug-likeness (QED) is 0.867. The molecule has 0 heterocycles. The van der Waals surface area contributed by atoms with Crippen molar-refractivity contribution in [2.45, 2.75) is 39.2 Å². The standard InChI is InChI=1S/C15H19NO2/c1-11-3-4-13(12(2)17)14(9-11)18-10-15(5-6-15)7-8-16/h3-4,9,12,17H,5-7,10H2,1-2H3. The van der Waals surface area contributed by atoms with Gasteiger partial charge in [0.25, 0.3) is 0 Å². The first-order valence-electron chi connectivity index (χ1n) is 6.35. The summed E-state index contributed by atoms with van der Waals surface area (Å²) >= 11 is 0. The Morgan fingerprint density at radius 3 is 2.78 bits per heavy atom. The molecular formula is C15H19NO2. The van der Waals surface area contributed by atoms with Gasteiger partial charge in [-0.2, -0.15) is 5.26 Å². The van der Waals surface area contributed by atoms with E-state index in [1.165, 1.54) is 0 Å². The average molecular weight is 245 g/mol. The van der Waals surface area contributed by atoms with Crippen molar-refractivity contribution in [3.05, 3.63) is 29.3 Å². The van der Waals surface area contributed by atoms with Crippen molar-refractivity contribution >= 4 is 0 Å². The highest BCUT2D eigenvalue weighted by Crippen LogP contribution is 2.49. The number of nitrogens with zero attached hydrogens (tertiary/aromatic N) is 1. The molecule has 1 aromatic carbocycles. The third-order valence-electron chi connectivity index (χ3n) is 3.56. The van der Waals surface area contributed by atoms with Crippen LogP contribution in [0.1, 0.15) is 43.4 Å². The zero-order valence-electron chi connectivity index (χ0n) is 10.9. The summed E-state index contributed by atoms with van der Waals surface area (Å²) in [5, 5.41) is 18.5. The zero-order valence-corrected chi connectivity index (χ0v) is 10.9. The molecule has 96 valence electrons. The molecule has 3 heteroatoms. The number of nitriles is 1. The molecule has 3 nitrogen and oxygen atoms in total. The molecule has 1 aromatic rings. The van der Waals surface area contributed by atoms with E-state index < -0.39 is 6.10 Å². The van der Waals surface area contributed by atoms with E-state index in [2.05, 4.69) is 6.07 Å². The van der Waals surface area contributed by atoms with Crippen LogP contribution in [-0.2, 0) is 0 Å². The minimum absolute atomic E-state index is 0.0639. The maximum Gasteiger partial charge on any atom is 0.125 e. The van der Waals surface area contributed by atoms with E-state index in [0.29, 0.717) is 13.0 Å². The molecule has 0 saturated heterocycles. The normalized spacial score (nSPS) is 17.9. The maximum absolute atomic E-state index is 9.71. The van der Waals surface area contributed by atoms with Crippen LogP contribution in [0.4, 0.5) is 0 Å². The molecule has 0 bridgehead atoms. The molecule has 0 spiro atoms. The lowest BCUT2D eigenvalue weighted by molar-refractivity contribution is 0.183. The van der Waals surface area contributed by atoms with Crippen molar-refractivity contribution in [2.75, 3.05) is 6.61 Å². The summed E-state index contributed by atoms with van der Waals surface area (Å²) in [6.07, 6.45) is 2.15. The van der Waals surface area contributed by atoms with Crippen molar-refractivity contribution in [2.24, 2.45) is 5.41 Å². The largest absolute Gasteiger partial charge is 0.493 e. The second kappa shape index (κ2) is 4.99. The first-order chi connectivity index (χ1) is 8.56. The highest BCUT2D eigenvalue weighted by molar-refractivity contribution is 5.38. The summed E-state index contributed by atoms with van der Waals surface area (Å²) in [4.78, 5) is 0. The highest BCUT2D eigenvalue weighted by Gasteiger charge is 2.43. The molecule has 1 aliphatic carbocycles. The SMILES string of the molecule is Cc1ccc(C(C)O)c(OCC2(CC#N)CC2)c1. The maximum atomic E-state index is 9.71. The van der Waals surface area contributed by atoms with Gasteiger partial charge in [0.1, 0.15) is 5.75 Å². The molecule has 1 N–H and O–H groups in total. The molecule has 1 atom stereocenters. The van der Waals surface area contributed by atoms with Gasteiger partial charge in [-0.05, 0) is 38.3 Å². The van der Waals surface area contributed by atoms with E-state index in [9.17, 15) is 5.11 Å². The number of benzene rings is 1. The average Bonchev–Trinajstić information content (AvgIpc) is 3.07. The van der Waals surface area contributed by atoms with E-state index in [0.717, 1.165) is 29.7 Å². The minimum atomic E-state index is -0.535. The van der Waals surface area contributed by atoms with Gasteiger partial charge in [-0.1, -0.05) is 12.1 Å². The van der Waals surface area contributed by atoms with Crippen molar-refractivity contribution in [1.29, 1.82) is 5.26 Å². The lowest BCUT2D eigenvalue weighted by atomic mass is 10.0. The van der Waals surface area contributed by atoms with Crippen molar-refractivity contribution in [3.63, 3.8) is 0 Å². The molecule has 2 rings (SSSR count). The Morgan fingerprint density at radius 1 is 1.50 bits per heavy atom. The predicted molar refractivity (Wildman–Crippen MR) is 69.2 cm³/mol. The lowest BCUT2D eigenvalue weighted by Gasteiger charge is -2.17. The van der Waals surface area contributed by atoms with Gasteiger partial charge in [-0.25, -0.2) is 0 Å². The van der Waals surface area contributed by atoms with E-state index >= 15 is 0 Å². The molecule has 1 saturated carbocycles. The minimum Gasteiger partial charge on any atom is -0.493 e.